The average molecular weight is 434 g/mol. The molecular formula is C22H24FNO5S. The summed E-state index contributed by atoms with van der Waals surface area (Å²) < 4.78 is 29.7. The highest BCUT2D eigenvalue weighted by Crippen LogP contribution is 2.36. The highest BCUT2D eigenvalue weighted by molar-refractivity contribution is 8.02. The van der Waals surface area contributed by atoms with Crippen LogP contribution in [0, 0.1) is 5.82 Å². The van der Waals surface area contributed by atoms with Gasteiger partial charge >= 0.3 is 11.9 Å². The van der Waals surface area contributed by atoms with Crippen LogP contribution in [-0.4, -0.2) is 32.3 Å². The zero-order valence-electron chi connectivity index (χ0n) is 17.0. The second-order valence-corrected chi connectivity index (χ2v) is 7.10. The minimum atomic E-state index is -1.50. The highest BCUT2D eigenvalue weighted by Gasteiger charge is 2.30. The largest absolute Gasteiger partial charge is 0.462 e. The van der Waals surface area contributed by atoms with E-state index in [0.717, 1.165) is 11.8 Å². The van der Waals surface area contributed by atoms with Gasteiger partial charge in [-0.3, -0.25) is 5.73 Å². The first kappa shape index (κ1) is 23.6. The molecule has 0 bridgehead atoms. The fraction of sp³-hybridized carbons (Fsp3) is 0.273. The lowest BCUT2D eigenvalue weighted by Gasteiger charge is -2.27. The number of ether oxygens (including phenoxy) is 3. The molecule has 2 aromatic rings. The van der Waals surface area contributed by atoms with Gasteiger partial charge in [0.1, 0.15) is 5.82 Å². The average Bonchev–Trinajstić information content (AvgIpc) is 2.75. The number of thioether (sulfide) groups is 1. The van der Waals surface area contributed by atoms with Crippen LogP contribution in [0.15, 0.2) is 59.5 Å². The first-order chi connectivity index (χ1) is 14.4. The van der Waals surface area contributed by atoms with E-state index < -0.39 is 22.8 Å². The minimum Gasteiger partial charge on any atom is -0.462 e. The lowest BCUT2D eigenvalue weighted by molar-refractivity contribution is -0.146. The molecule has 0 radical (unpaired) electrons. The fourth-order valence-corrected chi connectivity index (χ4v) is 3.40. The Bertz CT molecular complexity index is 899. The summed E-state index contributed by atoms with van der Waals surface area (Å²) in [6.07, 6.45) is 0. The van der Waals surface area contributed by atoms with Crippen molar-refractivity contribution in [2.24, 2.45) is 5.73 Å². The number of methoxy groups -OCH3 is 1. The number of benzene rings is 2. The van der Waals surface area contributed by atoms with Crippen molar-refractivity contribution in [2.45, 2.75) is 18.9 Å². The van der Waals surface area contributed by atoms with Crippen molar-refractivity contribution in [3.8, 4) is 11.1 Å². The van der Waals surface area contributed by atoms with Crippen molar-refractivity contribution in [1.29, 1.82) is 0 Å². The predicted octanol–water partition coefficient (Wildman–Crippen LogP) is 3.95. The molecule has 0 heterocycles. The van der Waals surface area contributed by atoms with Crippen LogP contribution in [0.1, 0.15) is 19.4 Å². The zero-order valence-corrected chi connectivity index (χ0v) is 17.8. The smallest absolute Gasteiger partial charge is 0.346 e. The van der Waals surface area contributed by atoms with Gasteiger partial charge < -0.3 is 14.2 Å². The summed E-state index contributed by atoms with van der Waals surface area (Å²) >= 11 is 0.873. The Morgan fingerprint density at radius 3 is 2.20 bits per heavy atom. The molecule has 0 aromatic heterocycles. The van der Waals surface area contributed by atoms with Crippen LogP contribution in [0.25, 0.3) is 11.1 Å². The third-order valence-corrected chi connectivity index (χ3v) is 5.21. The Morgan fingerprint density at radius 1 is 1.07 bits per heavy atom. The van der Waals surface area contributed by atoms with Crippen LogP contribution in [0.3, 0.4) is 0 Å². The van der Waals surface area contributed by atoms with E-state index in [2.05, 4.69) is 0 Å². The molecule has 0 aliphatic rings. The Morgan fingerprint density at radius 2 is 1.67 bits per heavy atom. The number of carbonyl (C=O) groups excluding carboxylic acids is 2. The quantitative estimate of drug-likeness (QED) is 0.211. The van der Waals surface area contributed by atoms with Crippen molar-refractivity contribution in [1.82, 2.24) is 0 Å². The summed E-state index contributed by atoms with van der Waals surface area (Å²) in [5.41, 5.74) is 7.54. The van der Waals surface area contributed by atoms with Crippen LogP contribution >= 0.6 is 11.8 Å². The molecule has 0 saturated carbocycles. The van der Waals surface area contributed by atoms with Crippen LogP contribution in [0.4, 0.5) is 4.39 Å². The molecule has 0 amide bonds. The SMILES string of the molecule is CCOC(=O)C(=CSC(N)(OC)c1ccc(F)c(-c2ccccc2)c1)C(=O)OCC. The Labute approximate surface area is 179 Å². The van der Waals surface area contributed by atoms with Gasteiger partial charge in [0.25, 0.3) is 0 Å². The molecule has 0 aliphatic heterocycles. The molecule has 1 unspecified atom stereocenters. The molecule has 2 N–H and O–H groups in total. The molecule has 6 nitrogen and oxygen atoms in total. The Hall–Kier alpha value is -2.68. The standard InChI is InChI=1S/C22H24FNO5S/c1-4-28-20(25)18(21(26)29-5-2)14-30-22(24,27-3)16-11-12-19(23)17(13-16)15-9-7-6-8-10-15/h6-14H,4-5,24H2,1-3H3. The highest BCUT2D eigenvalue weighted by atomic mass is 32.2. The molecule has 0 spiro atoms. The van der Waals surface area contributed by atoms with E-state index in [1.807, 2.05) is 6.07 Å². The summed E-state index contributed by atoms with van der Waals surface area (Å²) in [6.45, 7) is 3.44. The Kier molecular flexibility index (Phi) is 8.58. The van der Waals surface area contributed by atoms with Crippen molar-refractivity contribution < 1.29 is 28.2 Å². The van der Waals surface area contributed by atoms with E-state index in [0.29, 0.717) is 16.7 Å². The molecule has 1 atom stereocenters. The number of carbonyl (C=O) groups is 2. The molecule has 2 rings (SSSR count). The van der Waals surface area contributed by atoms with Crippen molar-refractivity contribution >= 4 is 23.7 Å². The number of hydrogen-bond donors (Lipinski definition) is 1. The fourth-order valence-electron chi connectivity index (χ4n) is 2.56. The first-order valence-corrected chi connectivity index (χ1v) is 10.2. The van der Waals surface area contributed by atoms with Gasteiger partial charge in [0.05, 0.1) is 13.2 Å². The molecule has 0 aliphatic carbocycles. The second kappa shape index (κ2) is 10.9. The minimum absolute atomic E-state index is 0.0939. The maximum atomic E-state index is 14.4. The number of halogens is 1. The molecule has 160 valence electrons. The summed E-state index contributed by atoms with van der Waals surface area (Å²) in [4.78, 5) is 24.3. The van der Waals surface area contributed by atoms with Crippen molar-refractivity contribution in [2.75, 3.05) is 20.3 Å². The van der Waals surface area contributed by atoms with Gasteiger partial charge in [-0.05, 0) is 37.0 Å². The lowest BCUT2D eigenvalue weighted by atomic mass is 10.0. The van der Waals surface area contributed by atoms with Crippen LogP contribution in [0.2, 0.25) is 0 Å². The molecular weight excluding hydrogens is 409 g/mol. The number of esters is 2. The van der Waals surface area contributed by atoms with E-state index in [9.17, 15) is 14.0 Å². The van der Waals surface area contributed by atoms with Gasteiger partial charge in [-0.25, -0.2) is 14.0 Å². The maximum Gasteiger partial charge on any atom is 0.346 e. The summed E-state index contributed by atoms with van der Waals surface area (Å²) in [5, 5.41) is -0.257. The second-order valence-electron chi connectivity index (χ2n) is 6.02. The summed E-state index contributed by atoms with van der Waals surface area (Å²) in [5.74, 6) is -2.07. The van der Waals surface area contributed by atoms with E-state index in [-0.39, 0.29) is 18.8 Å². The molecule has 2 aromatic carbocycles. The predicted molar refractivity (Wildman–Crippen MR) is 114 cm³/mol. The van der Waals surface area contributed by atoms with Crippen molar-refractivity contribution in [3.05, 3.63) is 70.9 Å². The van der Waals surface area contributed by atoms with Crippen molar-refractivity contribution in [3.63, 3.8) is 0 Å². The van der Waals surface area contributed by atoms with Gasteiger partial charge in [0.15, 0.2) is 10.6 Å². The normalized spacial score (nSPS) is 12.6. The van der Waals surface area contributed by atoms with Crippen LogP contribution in [-0.2, 0) is 28.9 Å². The van der Waals surface area contributed by atoms with E-state index >= 15 is 0 Å². The van der Waals surface area contributed by atoms with E-state index in [1.54, 1.807) is 44.2 Å². The monoisotopic (exact) mass is 433 g/mol. The Balaban J connectivity index is 2.41. The summed E-state index contributed by atoms with van der Waals surface area (Å²) in [6, 6.07) is 13.3. The molecule has 30 heavy (non-hydrogen) atoms. The van der Waals surface area contributed by atoms with Gasteiger partial charge in [-0.15, -0.1) is 0 Å². The third-order valence-electron chi connectivity index (χ3n) is 4.10. The maximum absolute atomic E-state index is 14.4. The number of rotatable bonds is 9. The first-order valence-electron chi connectivity index (χ1n) is 9.28. The van der Waals surface area contributed by atoms with Gasteiger partial charge in [-0.2, -0.15) is 0 Å². The van der Waals surface area contributed by atoms with E-state index in [1.165, 1.54) is 24.7 Å². The number of nitrogens with two attached hydrogens (primary N) is 1. The molecule has 8 heteroatoms. The van der Waals surface area contributed by atoms with Gasteiger partial charge in [-0.1, -0.05) is 48.2 Å². The van der Waals surface area contributed by atoms with Gasteiger partial charge in [0.2, 0.25) is 0 Å². The molecule has 0 fully saturated rings. The van der Waals surface area contributed by atoms with Gasteiger partial charge in [0, 0.05) is 18.2 Å². The topological polar surface area (TPSA) is 87.9 Å². The lowest BCUT2D eigenvalue weighted by Crippen LogP contribution is -2.35. The zero-order chi connectivity index (χ0) is 22.1. The van der Waals surface area contributed by atoms with Crippen LogP contribution < -0.4 is 5.73 Å². The summed E-state index contributed by atoms with van der Waals surface area (Å²) in [7, 11) is 1.38. The third kappa shape index (κ3) is 5.69. The van der Waals surface area contributed by atoms with E-state index in [4.69, 9.17) is 19.9 Å². The molecule has 0 saturated heterocycles. The van der Waals surface area contributed by atoms with Crippen LogP contribution in [0.5, 0.6) is 0 Å². The number of hydrogen-bond acceptors (Lipinski definition) is 7.